The second kappa shape index (κ2) is 6.53. The van der Waals surface area contributed by atoms with Gasteiger partial charge in [0.15, 0.2) is 11.6 Å². The molecule has 4 nitrogen and oxygen atoms in total. The summed E-state index contributed by atoms with van der Waals surface area (Å²) >= 11 is 0. The van der Waals surface area contributed by atoms with Crippen LogP contribution in [0.2, 0.25) is 0 Å². The molecule has 2 aromatic carbocycles. The summed E-state index contributed by atoms with van der Waals surface area (Å²) in [5.41, 5.74) is 1.46. The monoisotopic (exact) mass is 340 g/mol. The van der Waals surface area contributed by atoms with Gasteiger partial charge in [-0.1, -0.05) is 48.5 Å². The molecule has 3 rings (SSSR count). The number of methoxy groups -OCH3 is 1. The first kappa shape index (κ1) is 16.9. The van der Waals surface area contributed by atoms with Gasteiger partial charge in [-0.25, -0.2) is 9.18 Å². The van der Waals surface area contributed by atoms with Crippen molar-refractivity contribution in [1.82, 2.24) is 0 Å². The van der Waals surface area contributed by atoms with E-state index in [4.69, 9.17) is 9.47 Å². The highest BCUT2D eigenvalue weighted by Gasteiger charge is 2.43. The first-order valence-electron chi connectivity index (χ1n) is 7.70. The standard InChI is InChI=1S/C20H17FO4/c1-20(23)17(14-9-6-10-16(21)18(14)24-2)15(19(22)25-20)12-11-13-7-4-3-5-8-13/h3-12,23H,1-2H3. The number of carbonyl (C=O) groups is 1. The van der Waals surface area contributed by atoms with Crippen LogP contribution in [0.4, 0.5) is 4.39 Å². The summed E-state index contributed by atoms with van der Waals surface area (Å²) in [6.07, 6.45) is 3.28. The van der Waals surface area contributed by atoms with Gasteiger partial charge in [-0.3, -0.25) is 0 Å². The highest BCUT2D eigenvalue weighted by Crippen LogP contribution is 2.42. The molecule has 128 valence electrons. The SMILES string of the molecule is COc1c(F)cccc1C1=C(C=Cc2ccccc2)C(=O)OC1(C)O. The van der Waals surface area contributed by atoms with Gasteiger partial charge in [-0.2, -0.15) is 0 Å². The molecule has 0 radical (unpaired) electrons. The second-order valence-electron chi connectivity index (χ2n) is 5.73. The largest absolute Gasteiger partial charge is 0.493 e. The third kappa shape index (κ3) is 3.19. The molecular weight excluding hydrogens is 323 g/mol. The van der Waals surface area contributed by atoms with E-state index in [0.717, 1.165) is 5.56 Å². The molecule has 0 aromatic heterocycles. The number of hydrogen-bond acceptors (Lipinski definition) is 4. The fourth-order valence-electron chi connectivity index (χ4n) is 2.84. The second-order valence-corrected chi connectivity index (χ2v) is 5.73. The van der Waals surface area contributed by atoms with Crippen LogP contribution in [0.15, 0.2) is 60.2 Å². The molecule has 0 spiro atoms. The van der Waals surface area contributed by atoms with E-state index in [0.29, 0.717) is 0 Å². The number of halogens is 1. The molecule has 1 aliphatic rings. The van der Waals surface area contributed by atoms with E-state index in [1.54, 1.807) is 18.2 Å². The van der Waals surface area contributed by atoms with Crippen LogP contribution in [-0.2, 0) is 9.53 Å². The number of esters is 1. The maximum Gasteiger partial charge on any atom is 0.341 e. The molecule has 0 bridgehead atoms. The fourth-order valence-corrected chi connectivity index (χ4v) is 2.84. The Balaban J connectivity index is 2.17. The molecule has 1 heterocycles. The van der Waals surface area contributed by atoms with Crippen molar-refractivity contribution in [1.29, 1.82) is 0 Å². The Hall–Kier alpha value is -2.92. The predicted molar refractivity (Wildman–Crippen MR) is 92.1 cm³/mol. The van der Waals surface area contributed by atoms with E-state index in [1.165, 1.54) is 26.2 Å². The molecule has 0 amide bonds. The summed E-state index contributed by atoms with van der Waals surface area (Å²) in [5, 5.41) is 10.5. The Kier molecular flexibility index (Phi) is 4.42. The highest BCUT2D eigenvalue weighted by atomic mass is 19.1. The molecule has 0 aliphatic carbocycles. The lowest BCUT2D eigenvalue weighted by molar-refractivity contribution is -0.170. The van der Waals surface area contributed by atoms with E-state index in [9.17, 15) is 14.3 Å². The van der Waals surface area contributed by atoms with Crippen molar-refractivity contribution in [3.63, 3.8) is 0 Å². The molecule has 0 fully saturated rings. The average molecular weight is 340 g/mol. The number of cyclic esters (lactones) is 1. The summed E-state index contributed by atoms with van der Waals surface area (Å²) in [6, 6.07) is 13.7. The fraction of sp³-hybridized carbons (Fsp3) is 0.150. The van der Waals surface area contributed by atoms with E-state index < -0.39 is 17.6 Å². The number of aliphatic hydroxyl groups is 1. The lowest BCUT2D eigenvalue weighted by Gasteiger charge is -2.21. The minimum atomic E-state index is -1.88. The molecule has 5 heteroatoms. The molecule has 0 saturated carbocycles. The van der Waals surface area contributed by atoms with Crippen LogP contribution in [-0.4, -0.2) is 24.0 Å². The normalized spacial score (nSPS) is 20.2. The molecule has 1 aliphatic heterocycles. The highest BCUT2D eigenvalue weighted by molar-refractivity contribution is 6.07. The first-order valence-corrected chi connectivity index (χ1v) is 7.70. The minimum Gasteiger partial charge on any atom is -0.493 e. The van der Waals surface area contributed by atoms with Gasteiger partial charge in [-0.15, -0.1) is 0 Å². The molecule has 1 atom stereocenters. The molecular formula is C20H17FO4. The zero-order valence-corrected chi connectivity index (χ0v) is 13.8. The lowest BCUT2D eigenvalue weighted by atomic mass is 9.94. The summed E-state index contributed by atoms with van der Waals surface area (Å²) in [5.74, 6) is -3.21. The summed E-state index contributed by atoms with van der Waals surface area (Å²) < 4.78 is 24.2. The van der Waals surface area contributed by atoms with Crippen LogP contribution in [0, 0.1) is 5.82 Å². The zero-order chi connectivity index (χ0) is 18.0. The summed E-state index contributed by atoms with van der Waals surface area (Å²) in [6.45, 7) is 1.34. The van der Waals surface area contributed by atoms with Gasteiger partial charge in [0.2, 0.25) is 5.79 Å². The van der Waals surface area contributed by atoms with Crippen molar-refractivity contribution in [2.45, 2.75) is 12.7 Å². The molecule has 2 aromatic rings. The molecule has 0 saturated heterocycles. The van der Waals surface area contributed by atoms with Gasteiger partial charge in [0.25, 0.3) is 0 Å². The van der Waals surface area contributed by atoms with E-state index in [2.05, 4.69) is 0 Å². The molecule has 1 unspecified atom stereocenters. The van der Waals surface area contributed by atoms with Gasteiger partial charge in [0.1, 0.15) is 0 Å². The lowest BCUT2D eigenvalue weighted by Crippen LogP contribution is -2.26. The van der Waals surface area contributed by atoms with Crippen molar-refractivity contribution in [2.24, 2.45) is 0 Å². The quantitative estimate of drug-likeness (QED) is 0.865. The van der Waals surface area contributed by atoms with E-state index in [1.807, 2.05) is 30.3 Å². The van der Waals surface area contributed by atoms with Gasteiger partial charge in [-0.05, 0) is 17.7 Å². The van der Waals surface area contributed by atoms with Crippen molar-refractivity contribution < 1.29 is 23.8 Å². The van der Waals surface area contributed by atoms with Crippen LogP contribution in [0.5, 0.6) is 5.75 Å². The van der Waals surface area contributed by atoms with Crippen LogP contribution in [0.1, 0.15) is 18.1 Å². The van der Waals surface area contributed by atoms with Crippen molar-refractivity contribution in [3.05, 3.63) is 77.1 Å². The van der Waals surface area contributed by atoms with E-state index in [-0.39, 0.29) is 22.5 Å². The zero-order valence-electron chi connectivity index (χ0n) is 13.8. The number of benzene rings is 2. The van der Waals surface area contributed by atoms with Gasteiger partial charge >= 0.3 is 5.97 Å². The van der Waals surface area contributed by atoms with Gasteiger partial charge in [0, 0.05) is 18.1 Å². The minimum absolute atomic E-state index is 0.0540. The number of rotatable bonds is 4. The maximum atomic E-state index is 14.1. The summed E-state index contributed by atoms with van der Waals surface area (Å²) in [4.78, 5) is 12.3. The van der Waals surface area contributed by atoms with Gasteiger partial charge < -0.3 is 14.6 Å². The van der Waals surface area contributed by atoms with Crippen molar-refractivity contribution >= 4 is 17.6 Å². The number of hydrogen-bond donors (Lipinski definition) is 1. The van der Waals surface area contributed by atoms with Crippen LogP contribution >= 0.6 is 0 Å². The Morgan fingerprint density at radius 3 is 2.52 bits per heavy atom. The Labute approximate surface area is 144 Å². The summed E-state index contributed by atoms with van der Waals surface area (Å²) in [7, 11) is 1.33. The Morgan fingerprint density at radius 2 is 1.84 bits per heavy atom. The van der Waals surface area contributed by atoms with Crippen LogP contribution in [0.25, 0.3) is 11.6 Å². The predicted octanol–water partition coefficient (Wildman–Crippen LogP) is 3.57. The third-order valence-electron chi connectivity index (χ3n) is 3.93. The van der Waals surface area contributed by atoms with E-state index >= 15 is 0 Å². The van der Waals surface area contributed by atoms with Crippen LogP contribution < -0.4 is 4.74 Å². The third-order valence-corrected chi connectivity index (χ3v) is 3.93. The molecule has 1 N–H and O–H groups in total. The molecule has 25 heavy (non-hydrogen) atoms. The first-order chi connectivity index (χ1) is 11.9. The average Bonchev–Trinajstić information content (AvgIpc) is 2.81. The number of para-hydroxylation sites is 1. The Morgan fingerprint density at radius 1 is 1.12 bits per heavy atom. The van der Waals surface area contributed by atoms with Crippen molar-refractivity contribution in [2.75, 3.05) is 7.11 Å². The van der Waals surface area contributed by atoms with Crippen molar-refractivity contribution in [3.8, 4) is 5.75 Å². The van der Waals surface area contributed by atoms with Gasteiger partial charge in [0.05, 0.1) is 12.7 Å². The topological polar surface area (TPSA) is 55.8 Å². The maximum absolute atomic E-state index is 14.1. The smallest absolute Gasteiger partial charge is 0.341 e. The Bertz CT molecular complexity index is 867. The number of carbonyl (C=O) groups excluding carboxylic acids is 1. The van der Waals surface area contributed by atoms with Crippen LogP contribution in [0.3, 0.4) is 0 Å². The number of ether oxygens (including phenoxy) is 2.